The number of pyridine rings is 1. The SMILES string of the molecule is CN=C(NCCCc1ccccc1)NCc1ccnc(N2CCCCC2)c1. The standard InChI is InChI=1S/C22H31N5/c1-23-22(25-13-8-11-19-9-4-2-5-10-19)26-18-20-12-14-24-21(17-20)27-15-6-3-7-16-27/h2,4-5,9-10,12,14,17H,3,6-8,11,13,15-16,18H2,1H3,(H2,23,25,26). The number of anilines is 1. The second-order valence-corrected chi connectivity index (χ2v) is 7.01. The normalized spacial score (nSPS) is 14.9. The van der Waals surface area contributed by atoms with Crippen molar-refractivity contribution in [3.8, 4) is 0 Å². The summed E-state index contributed by atoms with van der Waals surface area (Å²) in [6.45, 7) is 3.90. The predicted octanol–water partition coefficient (Wildman–Crippen LogP) is 3.37. The van der Waals surface area contributed by atoms with Crippen molar-refractivity contribution in [1.29, 1.82) is 0 Å². The zero-order valence-corrected chi connectivity index (χ0v) is 16.3. The van der Waals surface area contributed by atoms with E-state index in [2.05, 4.69) is 68.0 Å². The third-order valence-corrected chi connectivity index (χ3v) is 4.95. The highest BCUT2D eigenvalue weighted by Gasteiger charge is 2.12. The zero-order valence-electron chi connectivity index (χ0n) is 16.3. The summed E-state index contributed by atoms with van der Waals surface area (Å²) in [6, 6.07) is 14.9. The van der Waals surface area contributed by atoms with Crippen LogP contribution in [0.25, 0.3) is 0 Å². The molecule has 2 N–H and O–H groups in total. The second kappa shape index (κ2) is 10.6. The molecule has 5 heteroatoms. The minimum Gasteiger partial charge on any atom is -0.357 e. The first-order valence-electron chi connectivity index (χ1n) is 10.0. The Labute approximate surface area is 162 Å². The molecule has 2 aromatic rings. The van der Waals surface area contributed by atoms with Crippen LogP contribution >= 0.6 is 0 Å². The third kappa shape index (κ3) is 6.27. The number of hydrogen-bond donors (Lipinski definition) is 2. The predicted molar refractivity (Wildman–Crippen MR) is 113 cm³/mol. The number of rotatable bonds is 7. The molecule has 0 aliphatic carbocycles. The van der Waals surface area contributed by atoms with Crippen LogP contribution in [0.5, 0.6) is 0 Å². The number of benzene rings is 1. The van der Waals surface area contributed by atoms with E-state index in [9.17, 15) is 0 Å². The quantitative estimate of drug-likeness (QED) is 0.449. The van der Waals surface area contributed by atoms with Gasteiger partial charge in [0.1, 0.15) is 5.82 Å². The van der Waals surface area contributed by atoms with Gasteiger partial charge in [0.2, 0.25) is 0 Å². The minimum atomic E-state index is 0.752. The van der Waals surface area contributed by atoms with Crippen molar-refractivity contribution in [2.45, 2.75) is 38.6 Å². The van der Waals surface area contributed by atoms with Gasteiger partial charge >= 0.3 is 0 Å². The van der Waals surface area contributed by atoms with Gasteiger partial charge in [-0.3, -0.25) is 4.99 Å². The molecular formula is C22H31N5. The van der Waals surface area contributed by atoms with Gasteiger partial charge in [0.05, 0.1) is 0 Å². The summed E-state index contributed by atoms with van der Waals surface area (Å²) in [6.07, 6.45) is 7.95. The molecule has 2 heterocycles. The van der Waals surface area contributed by atoms with Crippen LogP contribution in [0.1, 0.15) is 36.8 Å². The van der Waals surface area contributed by atoms with Crippen molar-refractivity contribution in [1.82, 2.24) is 15.6 Å². The van der Waals surface area contributed by atoms with Gasteiger partial charge in [0, 0.05) is 39.4 Å². The molecule has 1 aliphatic rings. The molecule has 5 nitrogen and oxygen atoms in total. The van der Waals surface area contributed by atoms with Gasteiger partial charge in [-0.15, -0.1) is 0 Å². The van der Waals surface area contributed by atoms with E-state index in [0.29, 0.717) is 0 Å². The van der Waals surface area contributed by atoms with Crippen LogP contribution in [0.15, 0.2) is 53.7 Å². The van der Waals surface area contributed by atoms with Crippen molar-refractivity contribution < 1.29 is 0 Å². The fourth-order valence-electron chi connectivity index (χ4n) is 3.42. The van der Waals surface area contributed by atoms with E-state index in [1.807, 2.05) is 13.2 Å². The van der Waals surface area contributed by atoms with Crippen LogP contribution in [0.4, 0.5) is 5.82 Å². The summed E-state index contributed by atoms with van der Waals surface area (Å²) in [5, 5.41) is 6.81. The van der Waals surface area contributed by atoms with Crippen molar-refractivity contribution in [3.05, 3.63) is 59.8 Å². The van der Waals surface area contributed by atoms with Crippen molar-refractivity contribution in [2.75, 3.05) is 31.6 Å². The largest absolute Gasteiger partial charge is 0.357 e. The van der Waals surface area contributed by atoms with Crippen LogP contribution in [0.2, 0.25) is 0 Å². The van der Waals surface area contributed by atoms with E-state index in [1.54, 1.807) is 0 Å². The lowest BCUT2D eigenvalue weighted by molar-refractivity contribution is 0.573. The molecule has 0 amide bonds. The molecule has 144 valence electrons. The van der Waals surface area contributed by atoms with Gasteiger partial charge in [-0.05, 0) is 55.4 Å². The average Bonchev–Trinajstić information content (AvgIpc) is 2.75. The molecule has 1 aromatic carbocycles. The van der Waals surface area contributed by atoms with Gasteiger partial charge in [0.25, 0.3) is 0 Å². The highest BCUT2D eigenvalue weighted by atomic mass is 15.2. The first-order valence-corrected chi connectivity index (χ1v) is 10.0. The molecular weight excluding hydrogens is 334 g/mol. The molecule has 0 saturated carbocycles. The summed E-state index contributed by atoms with van der Waals surface area (Å²) in [5.41, 5.74) is 2.61. The number of guanidine groups is 1. The summed E-state index contributed by atoms with van der Waals surface area (Å²) >= 11 is 0. The monoisotopic (exact) mass is 365 g/mol. The van der Waals surface area contributed by atoms with Crippen LogP contribution in [-0.2, 0) is 13.0 Å². The maximum absolute atomic E-state index is 4.55. The fraction of sp³-hybridized carbons (Fsp3) is 0.455. The lowest BCUT2D eigenvalue weighted by Crippen LogP contribution is -2.37. The number of nitrogens with zero attached hydrogens (tertiary/aromatic N) is 3. The topological polar surface area (TPSA) is 52.6 Å². The highest BCUT2D eigenvalue weighted by molar-refractivity contribution is 5.79. The second-order valence-electron chi connectivity index (χ2n) is 7.01. The number of hydrogen-bond acceptors (Lipinski definition) is 3. The van der Waals surface area contributed by atoms with E-state index in [1.165, 1.54) is 30.4 Å². The van der Waals surface area contributed by atoms with Crippen LogP contribution < -0.4 is 15.5 Å². The number of aryl methyl sites for hydroxylation is 1. The van der Waals surface area contributed by atoms with Crippen LogP contribution in [0.3, 0.4) is 0 Å². The van der Waals surface area contributed by atoms with Crippen molar-refractivity contribution in [3.63, 3.8) is 0 Å². The maximum atomic E-state index is 4.55. The molecule has 3 rings (SSSR count). The fourth-order valence-corrected chi connectivity index (χ4v) is 3.42. The van der Waals surface area contributed by atoms with Crippen LogP contribution in [0, 0.1) is 0 Å². The zero-order chi connectivity index (χ0) is 18.7. The van der Waals surface area contributed by atoms with E-state index < -0.39 is 0 Å². The van der Waals surface area contributed by atoms with Gasteiger partial charge in [0.15, 0.2) is 5.96 Å². The molecule has 27 heavy (non-hydrogen) atoms. The lowest BCUT2D eigenvalue weighted by Gasteiger charge is -2.28. The summed E-state index contributed by atoms with van der Waals surface area (Å²) in [5.74, 6) is 1.94. The molecule has 1 saturated heterocycles. The van der Waals surface area contributed by atoms with E-state index in [0.717, 1.165) is 50.8 Å². The smallest absolute Gasteiger partial charge is 0.191 e. The Morgan fingerprint density at radius 3 is 2.63 bits per heavy atom. The Bertz CT molecular complexity index is 708. The van der Waals surface area contributed by atoms with Gasteiger partial charge < -0.3 is 15.5 Å². The minimum absolute atomic E-state index is 0.752. The lowest BCUT2D eigenvalue weighted by atomic mass is 10.1. The van der Waals surface area contributed by atoms with E-state index in [-0.39, 0.29) is 0 Å². The molecule has 1 fully saturated rings. The summed E-state index contributed by atoms with van der Waals surface area (Å²) in [7, 11) is 1.82. The molecule has 0 radical (unpaired) electrons. The first kappa shape index (κ1) is 19.2. The number of piperidine rings is 1. The number of aliphatic imine (C=N–C) groups is 1. The van der Waals surface area contributed by atoms with Gasteiger partial charge in [-0.1, -0.05) is 30.3 Å². The molecule has 0 bridgehead atoms. The van der Waals surface area contributed by atoms with Crippen LogP contribution in [-0.4, -0.2) is 37.6 Å². The Kier molecular flexibility index (Phi) is 7.51. The Balaban J connectivity index is 1.42. The maximum Gasteiger partial charge on any atom is 0.191 e. The summed E-state index contributed by atoms with van der Waals surface area (Å²) in [4.78, 5) is 11.3. The summed E-state index contributed by atoms with van der Waals surface area (Å²) < 4.78 is 0. The molecule has 0 spiro atoms. The molecule has 0 atom stereocenters. The molecule has 1 aliphatic heterocycles. The average molecular weight is 366 g/mol. The van der Waals surface area contributed by atoms with Crippen molar-refractivity contribution in [2.24, 2.45) is 4.99 Å². The van der Waals surface area contributed by atoms with E-state index >= 15 is 0 Å². The third-order valence-electron chi connectivity index (χ3n) is 4.95. The number of aromatic nitrogens is 1. The highest BCUT2D eigenvalue weighted by Crippen LogP contribution is 2.18. The number of nitrogens with one attached hydrogen (secondary N) is 2. The van der Waals surface area contributed by atoms with Gasteiger partial charge in [-0.25, -0.2) is 4.98 Å². The van der Waals surface area contributed by atoms with E-state index in [4.69, 9.17) is 0 Å². The Hall–Kier alpha value is -2.56. The Morgan fingerprint density at radius 2 is 1.85 bits per heavy atom. The van der Waals surface area contributed by atoms with Crippen molar-refractivity contribution >= 4 is 11.8 Å². The molecule has 0 unspecified atom stereocenters. The van der Waals surface area contributed by atoms with Gasteiger partial charge in [-0.2, -0.15) is 0 Å². The first-order chi connectivity index (χ1) is 13.3. The molecule has 1 aromatic heterocycles. The Morgan fingerprint density at radius 1 is 1.04 bits per heavy atom.